The third-order valence-electron chi connectivity index (χ3n) is 4.54. The van der Waals surface area contributed by atoms with Crippen LogP contribution in [0.5, 0.6) is 0 Å². The highest BCUT2D eigenvalue weighted by Gasteiger charge is 2.24. The number of hydrogen-bond donors (Lipinski definition) is 2. The molecule has 0 aliphatic heterocycles. The molecule has 0 radical (unpaired) electrons. The number of carbonyl (C=O) groups excluding carboxylic acids is 2. The summed E-state index contributed by atoms with van der Waals surface area (Å²) < 4.78 is 0. The van der Waals surface area contributed by atoms with E-state index in [0.717, 1.165) is 0 Å². The van der Waals surface area contributed by atoms with E-state index in [0.29, 0.717) is 29.5 Å². The number of carbonyl (C=O) groups is 2. The summed E-state index contributed by atoms with van der Waals surface area (Å²) in [5, 5.41) is 6.57. The molecular formula is C19H26Cl2N2O2. The van der Waals surface area contributed by atoms with Gasteiger partial charge in [-0.05, 0) is 49.3 Å². The van der Waals surface area contributed by atoms with Crippen LogP contribution in [0.1, 0.15) is 56.3 Å². The minimum absolute atomic E-state index is 0.126. The molecule has 1 fully saturated rings. The van der Waals surface area contributed by atoms with Crippen LogP contribution in [0.25, 0.3) is 0 Å². The number of nitrogens with one attached hydrogen (secondary N) is 2. The molecule has 2 amide bonds. The lowest BCUT2D eigenvalue weighted by Gasteiger charge is -2.21. The monoisotopic (exact) mass is 384 g/mol. The van der Waals surface area contributed by atoms with Crippen LogP contribution in [0.3, 0.4) is 0 Å². The molecule has 1 aromatic carbocycles. The first-order chi connectivity index (χ1) is 11.9. The van der Waals surface area contributed by atoms with Gasteiger partial charge in [-0.2, -0.15) is 0 Å². The standard InChI is InChI=1S/C19H26Cl2N2O2/c1-12(2)9-17(19(25)22-11-13-5-3-4-6-13)23-18(24)15-8-7-14(20)10-16(15)21/h7-8,10,12-13,17H,3-6,9,11H2,1-2H3,(H,22,25)(H,23,24)/t17-/m0/s1. The molecule has 1 saturated carbocycles. The van der Waals surface area contributed by atoms with Gasteiger partial charge in [-0.15, -0.1) is 0 Å². The number of amides is 2. The van der Waals surface area contributed by atoms with Crippen LogP contribution in [0.2, 0.25) is 10.0 Å². The quantitative estimate of drug-likeness (QED) is 0.729. The Kier molecular flexibility index (Phi) is 7.57. The largest absolute Gasteiger partial charge is 0.354 e. The maximum Gasteiger partial charge on any atom is 0.253 e. The van der Waals surface area contributed by atoms with Gasteiger partial charge < -0.3 is 10.6 Å². The van der Waals surface area contributed by atoms with Crippen LogP contribution < -0.4 is 10.6 Å². The zero-order valence-corrected chi connectivity index (χ0v) is 16.3. The molecule has 1 aliphatic rings. The maximum atomic E-state index is 12.6. The Balaban J connectivity index is 2.00. The van der Waals surface area contributed by atoms with Crippen LogP contribution in [-0.4, -0.2) is 24.4 Å². The summed E-state index contributed by atoms with van der Waals surface area (Å²) in [6.07, 6.45) is 5.39. The summed E-state index contributed by atoms with van der Waals surface area (Å²) >= 11 is 12.0. The van der Waals surface area contributed by atoms with Crippen LogP contribution in [0, 0.1) is 11.8 Å². The van der Waals surface area contributed by atoms with Gasteiger partial charge in [0.1, 0.15) is 6.04 Å². The topological polar surface area (TPSA) is 58.2 Å². The predicted octanol–water partition coefficient (Wildman–Crippen LogP) is 4.44. The van der Waals surface area contributed by atoms with Gasteiger partial charge in [0, 0.05) is 11.6 Å². The molecule has 4 nitrogen and oxygen atoms in total. The molecule has 0 heterocycles. The fourth-order valence-electron chi connectivity index (χ4n) is 3.20. The van der Waals surface area contributed by atoms with E-state index in [1.807, 2.05) is 13.8 Å². The minimum Gasteiger partial charge on any atom is -0.354 e. The predicted molar refractivity (Wildman–Crippen MR) is 102 cm³/mol. The lowest BCUT2D eigenvalue weighted by molar-refractivity contribution is -0.123. The molecule has 1 aromatic rings. The zero-order valence-electron chi connectivity index (χ0n) is 14.8. The van der Waals surface area contributed by atoms with Crippen LogP contribution >= 0.6 is 23.2 Å². The molecule has 0 unspecified atom stereocenters. The second-order valence-corrected chi connectivity index (χ2v) is 8.02. The van der Waals surface area contributed by atoms with Crippen molar-refractivity contribution >= 4 is 35.0 Å². The van der Waals surface area contributed by atoms with Gasteiger partial charge >= 0.3 is 0 Å². The first-order valence-electron chi connectivity index (χ1n) is 8.90. The normalized spacial score (nSPS) is 16.0. The second kappa shape index (κ2) is 9.44. The first-order valence-corrected chi connectivity index (χ1v) is 9.66. The third-order valence-corrected chi connectivity index (χ3v) is 5.09. The van der Waals surface area contributed by atoms with Gasteiger partial charge in [-0.3, -0.25) is 9.59 Å². The van der Waals surface area contributed by atoms with Gasteiger partial charge in [-0.25, -0.2) is 0 Å². The Morgan fingerprint density at radius 3 is 2.48 bits per heavy atom. The average molecular weight is 385 g/mol. The van der Waals surface area contributed by atoms with Crippen LogP contribution in [0.15, 0.2) is 18.2 Å². The molecule has 0 bridgehead atoms. The van der Waals surface area contributed by atoms with Crippen molar-refractivity contribution < 1.29 is 9.59 Å². The third kappa shape index (κ3) is 6.19. The van der Waals surface area contributed by atoms with Crippen molar-refractivity contribution in [3.05, 3.63) is 33.8 Å². The van der Waals surface area contributed by atoms with Gasteiger partial charge in [0.05, 0.1) is 10.6 Å². The van der Waals surface area contributed by atoms with E-state index in [4.69, 9.17) is 23.2 Å². The molecule has 6 heteroatoms. The van der Waals surface area contributed by atoms with Crippen molar-refractivity contribution in [2.24, 2.45) is 11.8 Å². The summed E-state index contributed by atoms with van der Waals surface area (Å²) in [5.41, 5.74) is 0.323. The molecule has 1 atom stereocenters. The van der Waals surface area contributed by atoms with Gasteiger partial charge in [-0.1, -0.05) is 49.9 Å². The number of hydrogen-bond acceptors (Lipinski definition) is 2. The van der Waals surface area contributed by atoms with E-state index in [9.17, 15) is 9.59 Å². The highest BCUT2D eigenvalue weighted by Crippen LogP contribution is 2.24. The number of halogens is 2. The van der Waals surface area contributed by atoms with Crippen LogP contribution in [-0.2, 0) is 4.79 Å². The van der Waals surface area contributed by atoms with Crippen molar-refractivity contribution in [2.45, 2.75) is 52.0 Å². The molecular weight excluding hydrogens is 359 g/mol. The SMILES string of the molecule is CC(C)C[C@H](NC(=O)c1ccc(Cl)cc1Cl)C(=O)NCC1CCCC1. The zero-order chi connectivity index (χ0) is 18.4. The molecule has 138 valence electrons. The van der Waals surface area contributed by atoms with Crippen molar-refractivity contribution in [2.75, 3.05) is 6.54 Å². The maximum absolute atomic E-state index is 12.6. The summed E-state index contributed by atoms with van der Waals surface area (Å²) in [7, 11) is 0. The smallest absolute Gasteiger partial charge is 0.253 e. The summed E-state index contributed by atoms with van der Waals surface area (Å²) in [6.45, 7) is 4.74. The van der Waals surface area contributed by atoms with E-state index in [2.05, 4.69) is 10.6 Å². The van der Waals surface area contributed by atoms with E-state index in [1.165, 1.54) is 31.7 Å². The second-order valence-electron chi connectivity index (χ2n) is 7.18. The Labute approximate surface area is 159 Å². The lowest BCUT2D eigenvalue weighted by Crippen LogP contribution is -2.48. The molecule has 2 N–H and O–H groups in total. The highest BCUT2D eigenvalue weighted by molar-refractivity contribution is 6.36. The van der Waals surface area contributed by atoms with E-state index < -0.39 is 6.04 Å². The number of rotatable bonds is 7. The van der Waals surface area contributed by atoms with E-state index in [1.54, 1.807) is 12.1 Å². The first kappa shape index (κ1) is 20.1. The number of benzene rings is 1. The van der Waals surface area contributed by atoms with Crippen molar-refractivity contribution in [3.8, 4) is 0 Å². The van der Waals surface area contributed by atoms with Crippen molar-refractivity contribution in [1.82, 2.24) is 10.6 Å². The average Bonchev–Trinajstić information content (AvgIpc) is 3.04. The molecule has 1 aliphatic carbocycles. The van der Waals surface area contributed by atoms with Crippen LogP contribution in [0.4, 0.5) is 0 Å². The van der Waals surface area contributed by atoms with Gasteiger partial charge in [0.15, 0.2) is 0 Å². The van der Waals surface area contributed by atoms with Gasteiger partial charge in [0.25, 0.3) is 5.91 Å². The molecule has 2 rings (SSSR count). The Bertz CT molecular complexity index is 613. The van der Waals surface area contributed by atoms with Gasteiger partial charge in [0.2, 0.25) is 5.91 Å². The van der Waals surface area contributed by atoms with E-state index in [-0.39, 0.29) is 22.8 Å². The lowest BCUT2D eigenvalue weighted by atomic mass is 10.0. The molecule has 0 saturated heterocycles. The summed E-state index contributed by atoms with van der Waals surface area (Å²) in [5.74, 6) is 0.357. The Hall–Kier alpha value is -1.26. The summed E-state index contributed by atoms with van der Waals surface area (Å²) in [6, 6.07) is 4.14. The van der Waals surface area contributed by atoms with Crippen molar-refractivity contribution in [1.29, 1.82) is 0 Å². The molecule has 25 heavy (non-hydrogen) atoms. The molecule has 0 aromatic heterocycles. The highest BCUT2D eigenvalue weighted by atomic mass is 35.5. The fourth-order valence-corrected chi connectivity index (χ4v) is 3.69. The minimum atomic E-state index is -0.569. The summed E-state index contributed by atoms with van der Waals surface area (Å²) in [4.78, 5) is 25.1. The fraction of sp³-hybridized carbons (Fsp3) is 0.579. The molecule has 0 spiro atoms. The Morgan fingerprint density at radius 1 is 1.20 bits per heavy atom. The van der Waals surface area contributed by atoms with Crippen molar-refractivity contribution in [3.63, 3.8) is 0 Å². The Morgan fingerprint density at radius 2 is 1.88 bits per heavy atom. The van der Waals surface area contributed by atoms with E-state index >= 15 is 0 Å².